The number of hydrogen-bond acceptors (Lipinski definition) is 5. The largest absolute Gasteiger partial charge is 0.502 e. The second-order valence-electron chi connectivity index (χ2n) is 8.18. The number of benzene rings is 1. The first kappa shape index (κ1) is 20.8. The normalized spacial score (nSPS) is 21.3. The van der Waals surface area contributed by atoms with Gasteiger partial charge in [0.15, 0.2) is 5.75 Å². The van der Waals surface area contributed by atoms with Crippen LogP contribution in [0.2, 0.25) is 5.02 Å². The van der Waals surface area contributed by atoms with Crippen LogP contribution in [0, 0.1) is 11.7 Å². The molecule has 0 radical (unpaired) electrons. The van der Waals surface area contributed by atoms with Gasteiger partial charge in [-0.15, -0.1) is 0 Å². The van der Waals surface area contributed by atoms with E-state index < -0.39 is 35.4 Å². The zero-order valence-electron chi connectivity index (χ0n) is 16.9. The van der Waals surface area contributed by atoms with Crippen molar-refractivity contribution in [3.8, 4) is 5.75 Å². The molecule has 2 unspecified atom stereocenters. The van der Waals surface area contributed by atoms with E-state index in [0.717, 1.165) is 0 Å². The summed E-state index contributed by atoms with van der Waals surface area (Å²) in [5.74, 6) is -1.65. The summed E-state index contributed by atoms with van der Waals surface area (Å²) in [5, 5.41) is 21.4. The van der Waals surface area contributed by atoms with Crippen LogP contribution in [0.25, 0.3) is 0 Å². The monoisotopic (exact) mass is 435 g/mol. The lowest BCUT2D eigenvalue weighted by Crippen LogP contribution is -2.40. The number of pyridine rings is 1. The SMILES string of the molecule is CC(C)C1N(C)C(O)c2c3c(c(O)c(=O)n21)C(=O)N(Cc1ccc(F)c(Cl)c1)CC3. The standard InChI is InChI=1S/C21H23ClFN3O4/c1-10(2)18-24(3)20(29)16-12-6-7-25(9-11-4-5-14(23)13(22)8-11)19(28)15(12)17(27)21(30)26(16)18/h4-5,8,10,18,20,27,29H,6-7,9H2,1-3H3. The van der Waals surface area contributed by atoms with Gasteiger partial charge in [-0.3, -0.25) is 19.1 Å². The van der Waals surface area contributed by atoms with Gasteiger partial charge in [-0.25, -0.2) is 4.39 Å². The molecule has 30 heavy (non-hydrogen) atoms. The zero-order chi connectivity index (χ0) is 21.9. The molecule has 0 saturated heterocycles. The molecule has 2 aliphatic heterocycles. The van der Waals surface area contributed by atoms with Crippen molar-refractivity contribution in [1.29, 1.82) is 0 Å². The lowest BCUT2D eigenvalue weighted by atomic mass is 9.95. The predicted molar refractivity (Wildman–Crippen MR) is 109 cm³/mol. The molecule has 2 aromatic rings. The molecule has 0 aliphatic carbocycles. The van der Waals surface area contributed by atoms with E-state index >= 15 is 0 Å². The van der Waals surface area contributed by atoms with Gasteiger partial charge in [-0.1, -0.05) is 31.5 Å². The number of aromatic nitrogens is 1. The predicted octanol–water partition coefficient (Wildman–Crippen LogP) is 2.64. The fourth-order valence-electron chi connectivity index (χ4n) is 4.58. The molecule has 1 aromatic carbocycles. The van der Waals surface area contributed by atoms with Gasteiger partial charge in [-0.2, -0.15) is 0 Å². The van der Waals surface area contributed by atoms with Gasteiger partial charge in [0.25, 0.3) is 11.5 Å². The quantitative estimate of drug-likeness (QED) is 0.774. The molecule has 2 N–H and O–H groups in total. The van der Waals surface area contributed by atoms with Crippen molar-refractivity contribution in [3.63, 3.8) is 0 Å². The van der Waals surface area contributed by atoms with Gasteiger partial charge in [0.2, 0.25) is 0 Å². The maximum Gasteiger partial charge on any atom is 0.295 e. The molecule has 3 heterocycles. The maximum absolute atomic E-state index is 13.4. The summed E-state index contributed by atoms with van der Waals surface area (Å²) in [6.45, 7) is 4.33. The third-order valence-electron chi connectivity index (χ3n) is 5.93. The number of aliphatic hydroxyl groups excluding tert-OH is 1. The summed E-state index contributed by atoms with van der Waals surface area (Å²) >= 11 is 5.83. The highest BCUT2D eigenvalue weighted by molar-refractivity contribution is 6.30. The van der Waals surface area contributed by atoms with Crippen molar-refractivity contribution in [1.82, 2.24) is 14.4 Å². The fourth-order valence-corrected chi connectivity index (χ4v) is 4.78. The molecule has 4 rings (SSSR count). The Balaban J connectivity index is 1.78. The fraction of sp³-hybridized carbons (Fsp3) is 0.429. The van der Waals surface area contributed by atoms with E-state index in [1.165, 1.54) is 27.7 Å². The number of hydrogen-bond donors (Lipinski definition) is 2. The molecule has 1 amide bonds. The maximum atomic E-state index is 13.4. The third kappa shape index (κ3) is 3.02. The first-order valence-corrected chi connectivity index (χ1v) is 10.1. The molecule has 9 heteroatoms. The Kier molecular flexibility index (Phi) is 5.12. The number of aliphatic hydroxyl groups is 1. The van der Waals surface area contributed by atoms with Crippen molar-refractivity contribution >= 4 is 17.5 Å². The smallest absolute Gasteiger partial charge is 0.295 e. The van der Waals surface area contributed by atoms with E-state index in [2.05, 4.69) is 0 Å². The molecule has 1 aromatic heterocycles. The van der Waals surface area contributed by atoms with Crippen LogP contribution in [0.15, 0.2) is 23.0 Å². The molecule has 0 fully saturated rings. The Morgan fingerprint density at radius 3 is 2.63 bits per heavy atom. The summed E-state index contributed by atoms with van der Waals surface area (Å²) in [7, 11) is 1.71. The molecule has 0 saturated carbocycles. The molecular weight excluding hydrogens is 413 g/mol. The average Bonchev–Trinajstić information content (AvgIpc) is 2.96. The number of rotatable bonds is 3. The second kappa shape index (κ2) is 7.37. The van der Waals surface area contributed by atoms with Gasteiger partial charge in [-0.05, 0) is 42.6 Å². The first-order valence-electron chi connectivity index (χ1n) is 9.76. The summed E-state index contributed by atoms with van der Waals surface area (Å²) in [6.07, 6.45) is -1.10. The minimum atomic E-state index is -1.05. The summed E-state index contributed by atoms with van der Waals surface area (Å²) in [5.41, 5.74) is 0.739. The number of nitrogens with zero attached hydrogens (tertiary/aromatic N) is 3. The van der Waals surface area contributed by atoms with Crippen LogP contribution in [-0.2, 0) is 13.0 Å². The zero-order valence-corrected chi connectivity index (χ0v) is 17.6. The lowest BCUT2D eigenvalue weighted by Gasteiger charge is -2.31. The molecule has 7 nitrogen and oxygen atoms in total. The minimum absolute atomic E-state index is 0.0000604. The summed E-state index contributed by atoms with van der Waals surface area (Å²) in [6, 6.07) is 4.21. The average molecular weight is 436 g/mol. The van der Waals surface area contributed by atoms with Gasteiger partial charge in [0, 0.05) is 13.1 Å². The minimum Gasteiger partial charge on any atom is -0.502 e. The Morgan fingerprint density at radius 1 is 1.30 bits per heavy atom. The van der Waals surface area contributed by atoms with Gasteiger partial charge in [0.05, 0.1) is 22.4 Å². The van der Waals surface area contributed by atoms with Gasteiger partial charge in [0.1, 0.15) is 12.0 Å². The van der Waals surface area contributed by atoms with Gasteiger partial charge < -0.3 is 15.1 Å². The number of halogens is 2. The first-order chi connectivity index (χ1) is 14.1. The van der Waals surface area contributed by atoms with E-state index in [4.69, 9.17) is 11.6 Å². The number of amides is 1. The molecule has 2 aliphatic rings. The Labute approximate surface area is 177 Å². The van der Waals surface area contributed by atoms with E-state index in [0.29, 0.717) is 29.8 Å². The topological polar surface area (TPSA) is 86.0 Å². The second-order valence-corrected chi connectivity index (χ2v) is 8.59. The number of carbonyl (C=O) groups is 1. The highest BCUT2D eigenvalue weighted by Gasteiger charge is 2.43. The van der Waals surface area contributed by atoms with Crippen LogP contribution in [0.4, 0.5) is 4.39 Å². The van der Waals surface area contributed by atoms with E-state index in [1.54, 1.807) is 11.9 Å². The van der Waals surface area contributed by atoms with E-state index in [-0.39, 0.29) is 23.0 Å². The van der Waals surface area contributed by atoms with Crippen LogP contribution in [0.1, 0.15) is 53.4 Å². The summed E-state index contributed by atoms with van der Waals surface area (Å²) in [4.78, 5) is 29.3. The van der Waals surface area contributed by atoms with Crippen LogP contribution < -0.4 is 5.56 Å². The van der Waals surface area contributed by atoms with Crippen molar-refractivity contribution in [3.05, 3.63) is 61.8 Å². The number of fused-ring (bicyclic) bond motifs is 3. The molecular formula is C21H23ClFN3O4. The lowest BCUT2D eigenvalue weighted by molar-refractivity contribution is -0.00862. The molecule has 2 atom stereocenters. The van der Waals surface area contributed by atoms with E-state index in [9.17, 15) is 24.2 Å². The van der Waals surface area contributed by atoms with Crippen LogP contribution in [-0.4, -0.2) is 44.1 Å². The number of aromatic hydroxyl groups is 1. The van der Waals surface area contributed by atoms with Crippen molar-refractivity contribution in [2.75, 3.05) is 13.6 Å². The van der Waals surface area contributed by atoms with Crippen molar-refractivity contribution in [2.24, 2.45) is 5.92 Å². The molecule has 0 spiro atoms. The van der Waals surface area contributed by atoms with Gasteiger partial charge >= 0.3 is 0 Å². The third-order valence-corrected chi connectivity index (χ3v) is 6.22. The van der Waals surface area contributed by atoms with Crippen molar-refractivity contribution in [2.45, 2.75) is 39.2 Å². The Bertz CT molecular complexity index is 1100. The Hall–Kier alpha value is -2.42. The molecule has 160 valence electrons. The Morgan fingerprint density at radius 2 is 2.00 bits per heavy atom. The highest BCUT2D eigenvalue weighted by atomic mass is 35.5. The summed E-state index contributed by atoms with van der Waals surface area (Å²) < 4.78 is 14.8. The number of carbonyl (C=O) groups excluding carboxylic acids is 1. The highest BCUT2D eigenvalue weighted by Crippen LogP contribution is 2.41. The van der Waals surface area contributed by atoms with Crippen LogP contribution in [0.5, 0.6) is 5.75 Å². The van der Waals surface area contributed by atoms with Crippen molar-refractivity contribution < 1.29 is 19.4 Å². The van der Waals surface area contributed by atoms with Crippen LogP contribution in [0.3, 0.4) is 0 Å². The van der Waals surface area contributed by atoms with E-state index in [1.807, 2.05) is 13.8 Å². The van der Waals surface area contributed by atoms with Crippen LogP contribution >= 0.6 is 11.6 Å². The molecule has 0 bridgehead atoms.